The first-order chi connectivity index (χ1) is 8.81. The molecule has 0 radical (unpaired) electrons. The summed E-state index contributed by atoms with van der Waals surface area (Å²) >= 11 is 0. The summed E-state index contributed by atoms with van der Waals surface area (Å²) in [5.74, 6) is 2.66. The van der Waals surface area contributed by atoms with Crippen molar-refractivity contribution in [2.45, 2.75) is 31.7 Å². The first kappa shape index (κ1) is 12.7. The van der Waals surface area contributed by atoms with Gasteiger partial charge >= 0.3 is 0 Å². The van der Waals surface area contributed by atoms with Gasteiger partial charge in [0.05, 0.1) is 0 Å². The van der Waals surface area contributed by atoms with Gasteiger partial charge in [-0.3, -0.25) is 0 Å². The predicted octanol–water partition coefficient (Wildman–Crippen LogP) is 3.51. The predicted molar refractivity (Wildman–Crippen MR) is 78.3 cm³/mol. The third kappa shape index (κ3) is 3.12. The number of hydrogen-bond donors (Lipinski definition) is 1. The summed E-state index contributed by atoms with van der Waals surface area (Å²) in [7, 11) is 0. The van der Waals surface area contributed by atoms with E-state index in [2.05, 4.69) is 48.4 Å². The zero-order valence-corrected chi connectivity index (χ0v) is 10.6. The summed E-state index contributed by atoms with van der Waals surface area (Å²) in [6.07, 6.45) is 9.01. The molecule has 0 fully saturated rings. The number of terminal acetylenes is 1. The van der Waals surface area contributed by atoms with Crippen molar-refractivity contribution < 1.29 is 0 Å². The quantitative estimate of drug-likeness (QED) is 0.625. The van der Waals surface area contributed by atoms with Crippen molar-refractivity contribution in [2.75, 3.05) is 0 Å². The summed E-state index contributed by atoms with van der Waals surface area (Å²) in [4.78, 5) is 0. The number of unbranched alkanes of at least 4 members (excludes halogenated alkanes) is 1. The Kier molecular flexibility index (Phi) is 4.39. The number of fused-ring (bicyclic) bond motifs is 1. The van der Waals surface area contributed by atoms with Crippen LogP contribution in [0.15, 0.2) is 42.5 Å². The van der Waals surface area contributed by atoms with Crippen molar-refractivity contribution in [3.05, 3.63) is 48.0 Å². The molecule has 1 heteroatoms. The summed E-state index contributed by atoms with van der Waals surface area (Å²) in [5, 5.41) is 2.60. The molecule has 18 heavy (non-hydrogen) atoms. The Bertz CT molecular complexity index is 546. The van der Waals surface area contributed by atoms with Crippen LogP contribution in [0, 0.1) is 12.3 Å². The number of rotatable bonds is 5. The maximum Gasteiger partial charge on any atom is 0.00866 e. The fourth-order valence-electron chi connectivity index (χ4n) is 2.32. The number of hydrogen-bond acceptors (Lipinski definition) is 1. The standard InChI is InChI=1S/C17H19N/c1-2-3-4-11-16(18)13-15-10-7-9-14-8-5-6-12-17(14)15/h1,5-10,12,16H,3-4,11,13,18H2. The molecule has 0 aliphatic heterocycles. The maximum absolute atomic E-state index is 6.17. The van der Waals surface area contributed by atoms with E-state index >= 15 is 0 Å². The minimum absolute atomic E-state index is 0.198. The third-order valence-corrected chi connectivity index (χ3v) is 3.26. The zero-order chi connectivity index (χ0) is 12.8. The molecule has 2 aromatic rings. The lowest BCUT2D eigenvalue weighted by molar-refractivity contribution is 0.589. The van der Waals surface area contributed by atoms with Crippen LogP contribution in [0.25, 0.3) is 10.8 Å². The van der Waals surface area contributed by atoms with E-state index in [4.69, 9.17) is 12.2 Å². The largest absolute Gasteiger partial charge is 0.327 e. The van der Waals surface area contributed by atoms with Gasteiger partial charge in [-0.15, -0.1) is 12.3 Å². The molecule has 0 saturated carbocycles. The highest BCUT2D eigenvalue weighted by molar-refractivity contribution is 5.85. The van der Waals surface area contributed by atoms with Gasteiger partial charge < -0.3 is 5.73 Å². The van der Waals surface area contributed by atoms with Crippen molar-refractivity contribution in [2.24, 2.45) is 5.73 Å². The molecule has 1 atom stereocenters. The van der Waals surface area contributed by atoms with Crippen LogP contribution in [0.3, 0.4) is 0 Å². The van der Waals surface area contributed by atoms with E-state index in [-0.39, 0.29) is 6.04 Å². The Labute approximate surface area is 109 Å². The SMILES string of the molecule is C#CCCCC(N)Cc1cccc2ccccc12. The lowest BCUT2D eigenvalue weighted by Gasteiger charge is -2.12. The van der Waals surface area contributed by atoms with Crippen LogP contribution in [-0.2, 0) is 6.42 Å². The van der Waals surface area contributed by atoms with Gasteiger partial charge in [-0.25, -0.2) is 0 Å². The molecule has 2 aromatic carbocycles. The average Bonchev–Trinajstić information content (AvgIpc) is 2.39. The van der Waals surface area contributed by atoms with E-state index in [0.29, 0.717) is 0 Å². The van der Waals surface area contributed by atoms with Gasteiger partial charge in [-0.05, 0) is 35.6 Å². The molecule has 92 valence electrons. The molecule has 1 nitrogen and oxygen atoms in total. The molecule has 2 rings (SSSR count). The van der Waals surface area contributed by atoms with Gasteiger partial charge in [-0.1, -0.05) is 42.5 Å². The Morgan fingerprint density at radius 2 is 1.89 bits per heavy atom. The second-order valence-electron chi connectivity index (χ2n) is 4.70. The highest BCUT2D eigenvalue weighted by atomic mass is 14.6. The van der Waals surface area contributed by atoms with E-state index in [9.17, 15) is 0 Å². The molecule has 0 aromatic heterocycles. The topological polar surface area (TPSA) is 26.0 Å². The van der Waals surface area contributed by atoms with E-state index in [1.165, 1.54) is 16.3 Å². The molecule has 0 spiro atoms. The lowest BCUT2D eigenvalue weighted by Crippen LogP contribution is -2.22. The van der Waals surface area contributed by atoms with E-state index in [0.717, 1.165) is 25.7 Å². The van der Waals surface area contributed by atoms with Crippen molar-refractivity contribution in [3.63, 3.8) is 0 Å². The summed E-state index contributed by atoms with van der Waals surface area (Å²) in [5.41, 5.74) is 7.50. The minimum atomic E-state index is 0.198. The van der Waals surface area contributed by atoms with Gasteiger partial charge in [0, 0.05) is 12.5 Å². The van der Waals surface area contributed by atoms with Gasteiger partial charge in [0.25, 0.3) is 0 Å². The fourth-order valence-corrected chi connectivity index (χ4v) is 2.32. The van der Waals surface area contributed by atoms with Crippen LogP contribution < -0.4 is 5.73 Å². The molecular formula is C17H19N. The Morgan fingerprint density at radius 1 is 1.11 bits per heavy atom. The van der Waals surface area contributed by atoms with Crippen molar-refractivity contribution in [1.82, 2.24) is 0 Å². The van der Waals surface area contributed by atoms with Crippen LogP contribution in [0.4, 0.5) is 0 Å². The molecule has 0 heterocycles. The van der Waals surface area contributed by atoms with Gasteiger partial charge in [0.15, 0.2) is 0 Å². The van der Waals surface area contributed by atoms with E-state index in [1.807, 2.05) is 0 Å². The Morgan fingerprint density at radius 3 is 2.72 bits per heavy atom. The second kappa shape index (κ2) is 6.23. The van der Waals surface area contributed by atoms with Gasteiger partial charge in [-0.2, -0.15) is 0 Å². The normalized spacial score (nSPS) is 12.2. The number of benzene rings is 2. The smallest absolute Gasteiger partial charge is 0.00866 e. The highest BCUT2D eigenvalue weighted by Gasteiger charge is 2.06. The van der Waals surface area contributed by atoms with E-state index < -0.39 is 0 Å². The molecule has 0 aliphatic rings. The Hall–Kier alpha value is -1.78. The second-order valence-corrected chi connectivity index (χ2v) is 4.70. The average molecular weight is 237 g/mol. The van der Waals surface area contributed by atoms with Crippen LogP contribution in [-0.4, -0.2) is 6.04 Å². The first-order valence-electron chi connectivity index (χ1n) is 6.47. The molecular weight excluding hydrogens is 218 g/mol. The van der Waals surface area contributed by atoms with Gasteiger partial charge in [0.1, 0.15) is 0 Å². The Balaban J connectivity index is 2.09. The van der Waals surface area contributed by atoms with Crippen molar-refractivity contribution in [1.29, 1.82) is 0 Å². The molecule has 0 aliphatic carbocycles. The third-order valence-electron chi connectivity index (χ3n) is 3.26. The molecule has 0 bridgehead atoms. The molecule has 0 amide bonds. The lowest BCUT2D eigenvalue weighted by atomic mass is 9.97. The van der Waals surface area contributed by atoms with Crippen LogP contribution in [0.1, 0.15) is 24.8 Å². The van der Waals surface area contributed by atoms with Crippen LogP contribution in [0.2, 0.25) is 0 Å². The van der Waals surface area contributed by atoms with E-state index in [1.54, 1.807) is 0 Å². The minimum Gasteiger partial charge on any atom is -0.327 e. The molecule has 1 unspecified atom stereocenters. The fraction of sp³-hybridized carbons (Fsp3) is 0.294. The summed E-state index contributed by atoms with van der Waals surface area (Å²) in [6, 6.07) is 15.1. The van der Waals surface area contributed by atoms with Crippen LogP contribution in [0.5, 0.6) is 0 Å². The molecule has 2 N–H and O–H groups in total. The van der Waals surface area contributed by atoms with Crippen LogP contribution >= 0.6 is 0 Å². The maximum atomic E-state index is 6.17. The monoisotopic (exact) mass is 237 g/mol. The number of nitrogens with two attached hydrogens (primary N) is 1. The first-order valence-corrected chi connectivity index (χ1v) is 6.47. The summed E-state index contributed by atoms with van der Waals surface area (Å²) in [6.45, 7) is 0. The van der Waals surface area contributed by atoms with Gasteiger partial charge in [0.2, 0.25) is 0 Å². The zero-order valence-electron chi connectivity index (χ0n) is 10.6. The van der Waals surface area contributed by atoms with Crippen molar-refractivity contribution in [3.8, 4) is 12.3 Å². The highest BCUT2D eigenvalue weighted by Crippen LogP contribution is 2.20. The van der Waals surface area contributed by atoms with Crippen molar-refractivity contribution >= 4 is 10.8 Å². The molecule has 0 saturated heterocycles. The summed E-state index contributed by atoms with van der Waals surface area (Å²) < 4.78 is 0.